The molecule has 1 saturated heterocycles. The highest BCUT2D eigenvalue weighted by Crippen LogP contribution is 2.26. The van der Waals surface area contributed by atoms with E-state index < -0.39 is 0 Å². The topological polar surface area (TPSA) is 49.5 Å². The zero-order chi connectivity index (χ0) is 9.97. The van der Waals surface area contributed by atoms with Crippen molar-refractivity contribution in [1.29, 1.82) is 0 Å². The lowest BCUT2D eigenvalue weighted by molar-refractivity contribution is 0.0509. The fourth-order valence-corrected chi connectivity index (χ4v) is 2.76. The lowest BCUT2D eigenvalue weighted by atomic mass is 9.86. The molecule has 82 valence electrons. The maximum atomic E-state index is 9.84. The Kier molecular flexibility index (Phi) is 3.42. The fraction of sp³-hybridized carbons (Fsp3) is 1.00. The predicted octanol–water partition coefficient (Wildman–Crippen LogP) is 0.570. The lowest BCUT2D eigenvalue weighted by Gasteiger charge is -2.31. The highest BCUT2D eigenvalue weighted by Gasteiger charge is 2.27. The number of hydrogen-bond acceptors (Lipinski definition) is 3. The lowest BCUT2D eigenvalue weighted by Crippen LogP contribution is -2.37. The number of nitrogens with two attached hydrogens (primary N) is 1. The molecule has 3 nitrogen and oxygen atoms in total. The van der Waals surface area contributed by atoms with E-state index in [0.717, 1.165) is 32.5 Å². The van der Waals surface area contributed by atoms with Crippen molar-refractivity contribution in [3.05, 3.63) is 0 Å². The van der Waals surface area contributed by atoms with Crippen LogP contribution in [0.4, 0.5) is 0 Å². The third-order valence-corrected chi connectivity index (χ3v) is 3.67. The molecule has 2 aliphatic rings. The summed E-state index contributed by atoms with van der Waals surface area (Å²) in [4.78, 5) is 2.42. The van der Waals surface area contributed by atoms with Crippen LogP contribution in [-0.4, -0.2) is 41.8 Å². The van der Waals surface area contributed by atoms with Gasteiger partial charge in [-0.25, -0.2) is 0 Å². The first-order valence-electron chi connectivity index (χ1n) is 5.91. The van der Waals surface area contributed by atoms with E-state index >= 15 is 0 Å². The van der Waals surface area contributed by atoms with Crippen LogP contribution < -0.4 is 5.73 Å². The van der Waals surface area contributed by atoms with Gasteiger partial charge in [0.1, 0.15) is 0 Å². The van der Waals surface area contributed by atoms with Crippen LogP contribution in [0, 0.1) is 5.92 Å². The Labute approximate surface area is 86.3 Å². The van der Waals surface area contributed by atoms with Crippen molar-refractivity contribution in [2.45, 2.75) is 44.2 Å². The zero-order valence-electron chi connectivity index (χ0n) is 8.86. The van der Waals surface area contributed by atoms with Crippen LogP contribution >= 0.6 is 0 Å². The Hall–Kier alpha value is -0.120. The van der Waals surface area contributed by atoms with Gasteiger partial charge in [0.05, 0.1) is 6.10 Å². The number of hydrogen-bond donors (Lipinski definition) is 2. The molecular formula is C11H22N2O. The Morgan fingerprint density at radius 3 is 2.64 bits per heavy atom. The van der Waals surface area contributed by atoms with Gasteiger partial charge in [-0.15, -0.1) is 0 Å². The third kappa shape index (κ3) is 2.47. The standard InChI is InChI=1S/C11H22N2O/c12-10-5-6-13(8-10)7-9-3-1-2-4-11(9)14/h9-11,14H,1-8,12H2. The molecule has 0 bridgehead atoms. The first-order valence-corrected chi connectivity index (χ1v) is 5.91. The number of rotatable bonds is 2. The second kappa shape index (κ2) is 4.60. The first-order chi connectivity index (χ1) is 6.75. The van der Waals surface area contributed by atoms with Crippen LogP contribution in [0.3, 0.4) is 0 Å². The van der Waals surface area contributed by atoms with Crippen LogP contribution in [0.15, 0.2) is 0 Å². The van der Waals surface area contributed by atoms with Crippen molar-refractivity contribution in [2.75, 3.05) is 19.6 Å². The van der Waals surface area contributed by atoms with Crippen LogP contribution in [0.2, 0.25) is 0 Å². The molecule has 1 aliphatic heterocycles. The smallest absolute Gasteiger partial charge is 0.0580 e. The SMILES string of the molecule is NC1CCN(CC2CCCCC2O)C1. The van der Waals surface area contributed by atoms with Gasteiger partial charge >= 0.3 is 0 Å². The summed E-state index contributed by atoms with van der Waals surface area (Å²) in [6, 6.07) is 0.371. The second-order valence-electron chi connectivity index (χ2n) is 4.92. The number of nitrogens with zero attached hydrogens (tertiary/aromatic N) is 1. The Morgan fingerprint density at radius 2 is 2.00 bits per heavy atom. The molecular weight excluding hydrogens is 176 g/mol. The normalized spacial score (nSPS) is 40.3. The highest BCUT2D eigenvalue weighted by atomic mass is 16.3. The average molecular weight is 198 g/mol. The molecule has 0 aromatic heterocycles. The summed E-state index contributed by atoms with van der Waals surface area (Å²) in [6.45, 7) is 3.22. The van der Waals surface area contributed by atoms with Gasteiger partial charge in [0.2, 0.25) is 0 Å². The fourth-order valence-electron chi connectivity index (χ4n) is 2.76. The Bertz CT molecular complexity index is 186. The zero-order valence-corrected chi connectivity index (χ0v) is 8.86. The molecule has 0 aromatic rings. The van der Waals surface area contributed by atoms with E-state index in [2.05, 4.69) is 4.90 Å². The molecule has 14 heavy (non-hydrogen) atoms. The van der Waals surface area contributed by atoms with Gasteiger partial charge in [0.15, 0.2) is 0 Å². The molecule has 0 radical (unpaired) electrons. The van der Waals surface area contributed by atoms with Crippen LogP contribution in [0.1, 0.15) is 32.1 Å². The molecule has 0 spiro atoms. The molecule has 0 aromatic carbocycles. The van der Waals surface area contributed by atoms with Gasteiger partial charge in [-0.1, -0.05) is 12.8 Å². The molecule has 3 unspecified atom stereocenters. The van der Waals surface area contributed by atoms with Crippen LogP contribution in [-0.2, 0) is 0 Å². The van der Waals surface area contributed by atoms with Gasteiger partial charge in [0.25, 0.3) is 0 Å². The van der Waals surface area contributed by atoms with Crippen LogP contribution in [0.5, 0.6) is 0 Å². The minimum Gasteiger partial charge on any atom is -0.393 e. The Morgan fingerprint density at radius 1 is 1.21 bits per heavy atom. The van der Waals surface area contributed by atoms with Crippen molar-refractivity contribution in [2.24, 2.45) is 11.7 Å². The van der Waals surface area contributed by atoms with Crippen molar-refractivity contribution in [3.8, 4) is 0 Å². The van der Waals surface area contributed by atoms with Gasteiger partial charge in [-0.2, -0.15) is 0 Å². The quantitative estimate of drug-likeness (QED) is 0.682. The highest BCUT2D eigenvalue weighted by molar-refractivity contribution is 4.83. The summed E-state index contributed by atoms with van der Waals surface area (Å²) < 4.78 is 0. The van der Waals surface area contributed by atoms with Crippen molar-refractivity contribution in [3.63, 3.8) is 0 Å². The largest absolute Gasteiger partial charge is 0.393 e. The minimum atomic E-state index is -0.0550. The second-order valence-corrected chi connectivity index (χ2v) is 4.92. The van der Waals surface area contributed by atoms with E-state index in [1.54, 1.807) is 0 Å². The first kappa shape index (κ1) is 10.4. The predicted molar refractivity (Wildman–Crippen MR) is 57.0 cm³/mol. The van der Waals surface area contributed by atoms with E-state index in [4.69, 9.17) is 5.73 Å². The summed E-state index contributed by atoms with van der Waals surface area (Å²) in [6.07, 6.45) is 5.78. The summed E-state index contributed by atoms with van der Waals surface area (Å²) in [5.74, 6) is 0.508. The molecule has 1 heterocycles. The molecule has 2 fully saturated rings. The molecule has 1 saturated carbocycles. The monoisotopic (exact) mass is 198 g/mol. The van der Waals surface area contributed by atoms with E-state index in [0.29, 0.717) is 12.0 Å². The Balaban J connectivity index is 1.78. The van der Waals surface area contributed by atoms with Gasteiger partial charge in [-0.3, -0.25) is 0 Å². The molecule has 3 heteroatoms. The van der Waals surface area contributed by atoms with E-state index in [1.807, 2.05) is 0 Å². The third-order valence-electron chi connectivity index (χ3n) is 3.67. The maximum Gasteiger partial charge on any atom is 0.0580 e. The van der Waals surface area contributed by atoms with Crippen molar-refractivity contribution in [1.82, 2.24) is 4.90 Å². The molecule has 2 rings (SSSR count). The molecule has 1 aliphatic carbocycles. The molecule has 3 N–H and O–H groups in total. The molecule has 3 atom stereocenters. The summed E-state index contributed by atoms with van der Waals surface area (Å²) in [5.41, 5.74) is 5.86. The minimum absolute atomic E-state index is 0.0550. The van der Waals surface area contributed by atoms with Crippen LogP contribution in [0.25, 0.3) is 0 Å². The van der Waals surface area contributed by atoms with Crippen molar-refractivity contribution < 1.29 is 5.11 Å². The number of likely N-dealkylation sites (tertiary alicyclic amines) is 1. The van der Waals surface area contributed by atoms with E-state index in [-0.39, 0.29) is 6.10 Å². The van der Waals surface area contributed by atoms with Gasteiger partial charge in [-0.05, 0) is 31.7 Å². The van der Waals surface area contributed by atoms with E-state index in [9.17, 15) is 5.11 Å². The van der Waals surface area contributed by atoms with E-state index in [1.165, 1.54) is 19.3 Å². The van der Waals surface area contributed by atoms with Gasteiger partial charge in [0, 0.05) is 19.1 Å². The number of aliphatic hydroxyl groups excluding tert-OH is 1. The maximum absolute atomic E-state index is 9.84. The van der Waals surface area contributed by atoms with Gasteiger partial charge < -0.3 is 15.7 Å². The average Bonchev–Trinajstić information content (AvgIpc) is 2.56. The summed E-state index contributed by atoms with van der Waals surface area (Å²) in [7, 11) is 0. The van der Waals surface area contributed by atoms with Crippen molar-refractivity contribution >= 4 is 0 Å². The summed E-state index contributed by atoms with van der Waals surface area (Å²) >= 11 is 0. The summed E-state index contributed by atoms with van der Waals surface area (Å²) in [5, 5.41) is 9.84. The molecule has 0 amide bonds. The number of aliphatic hydroxyl groups is 1.